The molecule has 65 valence electrons. The van der Waals surface area contributed by atoms with Crippen LogP contribution in [-0.4, -0.2) is 33.6 Å². The van der Waals surface area contributed by atoms with Crippen LogP contribution in [0.3, 0.4) is 0 Å². The van der Waals surface area contributed by atoms with Crippen molar-refractivity contribution >= 4 is 0 Å². The van der Waals surface area contributed by atoms with Gasteiger partial charge in [0.05, 0.1) is 11.9 Å². The molecular formula is C8H12N3O. The number of likely N-dealkylation sites (N-methyl/N-ethyl adjacent to an activating group) is 1. The van der Waals surface area contributed by atoms with Gasteiger partial charge in [-0.2, -0.15) is 0 Å². The molecule has 0 saturated heterocycles. The summed E-state index contributed by atoms with van der Waals surface area (Å²) < 4.78 is 0. The van der Waals surface area contributed by atoms with Crippen LogP contribution in [0.15, 0.2) is 18.6 Å². The van der Waals surface area contributed by atoms with Crippen LogP contribution in [0.2, 0.25) is 0 Å². The van der Waals surface area contributed by atoms with Crippen molar-refractivity contribution < 1.29 is 5.11 Å². The van der Waals surface area contributed by atoms with Crippen LogP contribution in [0.5, 0.6) is 0 Å². The predicted octanol–water partition coefficient (Wildman–Crippen LogP) is 0.233. The molecule has 1 atom stereocenters. The van der Waals surface area contributed by atoms with E-state index in [1.807, 2.05) is 0 Å². The third-order valence-corrected chi connectivity index (χ3v) is 1.41. The Bertz CT molecular complexity index is 225. The van der Waals surface area contributed by atoms with Gasteiger partial charge in [0.1, 0.15) is 6.10 Å². The summed E-state index contributed by atoms with van der Waals surface area (Å²) in [6.45, 7) is 0.457. The van der Waals surface area contributed by atoms with Crippen molar-refractivity contribution in [2.75, 3.05) is 13.6 Å². The molecule has 0 aliphatic heterocycles. The van der Waals surface area contributed by atoms with Gasteiger partial charge in [-0.3, -0.25) is 9.97 Å². The van der Waals surface area contributed by atoms with Gasteiger partial charge < -0.3 is 10.0 Å². The number of rotatable bonds is 3. The highest BCUT2D eigenvalue weighted by Crippen LogP contribution is 2.07. The molecule has 1 radical (unpaired) electrons. The van der Waals surface area contributed by atoms with Crippen molar-refractivity contribution in [1.29, 1.82) is 0 Å². The maximum absolute atomic E-state index is 9.51. The standard InChI is InChI=1S/C8H12N3O/c1-11(2)6-8(12)7-5-9-3-4-10-7/h3-5,8,12H,1,6H2,2H3. The number of aromatic nitrogens is 2. The Morgan fingerprint density at radius 3 is 2.92 bits per heavy atom. The predicted molar refractivity (Wildman–Crippen MR) is 45.0 cm³/mol. The van der Waals surface area contributed by atoms with Gasteiger partial charge in [-0.05, 0) is 7.05 Å². The normalized spacial score (nSPS) is 13.3. The van der Waals surface area contributed by atoms with E-state index in [-0.39, 0.29) is 0 Å². The van der Waals surface area contributed by atoms with Crippen LogP contribution in [-0.2, 0) is 0 Å². The molecule has 1 rings (SSSR count). The third kappa shape index (κ3) is 2.56. The van der Waals surface area contributed by atoms with Crippen molar-refractivity contribution in [3.05, 3.63) is 31.3 Å². The lowest BCUT2D eigenvalue weighted by Crippen LogP contribution is -2.18. The first-order chi connectivity index (χ1) is 5.70. The van der Waals surface area contributed by atoms with Crippen molar-refractivity contribution in [3.63, 3.8) is 0 Å². The van der Waals surface area contributed by atoms with Gasteiger partial charge in [-0.25, -0.2) is 0 Å². The van der Waals surface area contributed by atoms with Crippen molar-refractivity contribution in [1.82, 2.24) is 14.9 Å². The molecule has 4 heteroatoms. The summed E-state index contributed by atoms with van der Waals surface area (Å²) >= 11 is 0. The van der Waals surface area contributed by atoms with Crippen LogP contribution in [0.1, 0.15) is 11.8 Å². The topological polar surface area (TPSA) is 49.2 Å². The molecule has 1 aromatic heterocycles. The summed E-state index contributed by atoms with van der Waals surface area (Å²) in [5.41, 5.74) is 0.577. The van der Waals surface area contributed by atoms with Gasteiger partial charge >= 0.3 is 0 Å². The molecule has 0 aliphatic carbocycles. The zero-order valence-corrected chi connectivity index (χ0v) is 7.01. The number of hydrogen-bond donors (Lipinski definition) is 1. The van der Waals surface area contributed by atoms with E-state index in [9.17, 15) is 5.11 Å². The second kappa shape index (κ2) is 4.13. The molecule has 0 saturated carbocycles. The lowest BCUT2D eigenvalue weighted by atomic mass is 10.2. The summed E-state index contributed by atoms with van der Waals surface area (Å²) in [4.78, 5) is 9.47. The van der Waals surface area contributed by atoms with Gasteiger partial charge in [0, 0.05) is 26.0 Å². The van der Waals surface area contributed by atoms with E-state index in [0.29, 0.717) is 12.2 Å². The first kappa shape index (κ1) is 9.09. The summed E-state index contributed by atoms with van der Waals surface area (Å²) in [6.07, 6.45) is 4.07. The Labute approximate surface area is 71.9 Å². The average molecular weight is 166 g/mol. The molecule has 0 amide bonds. The van der Waals surface area contributed by atoms with E-state index in [0.717, 1.165) is 0 Å². The number of hydrogen-bond acceptors (Lipinski definition) is 4. The van der Waals surface area contributed by atoms with Crippen molar-refractivity contribution in [2.24, 2.45) is 0 Å². The first-order valence-electron chi connectivity index (χ1n) is 3.66. The van der Waals surface area contributed by atoms with Crippen LogP contribution in [0.4, 0.5) is 0 Å². The van der Waals surface area contributed by atoms with E-state index < -0.39 is 6.10 Å². The molecule has 0 spiro atoms. The zero-order chi connectivity index (χ0) is 8.97. The summed E-state index contributed by atoms with van der Waals surface area (Å²) in [5.74, 6) is 0. The van der Waals surface area contributed by atoms with Gasteiger partial charge in [0.25, 0.3) is 0 Å². The zero-order valence-electron chi connectivity index (χ0n) is 7.01. The van der Waals surface area contributed by atoms with E-state index in [1.54, 1.807) is 30.5 Å². The molecule has 1 heterocycles. The van der Waals surface area contributed by atoms with Gasteiger partial charge in [0.15, 0.2) is 0 Å². The van der Waals surface area contributed by atoms with Crippen LogP contribution in [0.25, 0.3) is 0 Å². The second-order valence-corrected chi connectivity index (χ2v) is 2.68. The highest BCUT2D eigenvalue weighted by Gasteiger charge is 2.08. The largest absolute Gasteiger partial charge is 0.385 e. The molecule has 0 bridgehead atoms. The first-order valence-corrected chi connectivity index (χ1v) is 3.66. The highest BCUT2D eigenvalue weighted by molar-refractivity contribution is 4.99. The Kier molecular flexibility index (Phi) is 3.13. The van der Waals surface area contributed by atoms with Gasteiger partial charge in [-0.15, -0.1) is 0 Å². The lowest BCUT2D eigenvalue weighted by Gasteiger charge is -2.14. The van der Waals surface area contributed by atoms with E-state index >= 15 is 0 Å². The van der Waals surface area contributed by atoms with E-state index in [4.69, 9.17) is 0 Å². The van der Waals surface area contributed by atoms with E-state index in [1.165, 1.54) is 0 Å². The Morgan fingerprint density at radius 1 is 1.67 bits per heavy atom. The maximum atomic E-state index is 9.51. The number of aliphatic hydroxyl groups is 1. The average Bonchev–Trinajstić information content (AvgIpc) is 2.05. The third-order valence-electron chi connectivity index (χ3n) is 1.41. The highest BCUT2D eigenvalue weighted by atomic mass is 16.3. The molecule has 1 N–H and O–H groups in total. The minimum atomic E-state index is -0.610. The van der Waals surface area contributed by atoms with Crippen molar-refractivity contribution in [2.45, 2.75) is 6.10 Å². The van der Waals surface area contributed by atoms with Gasteiger partial charge in [-0.1, -0.05) is 0 Å². The monoisotopic (exact) mass is 166 g/mol. The summed E-state index contributed by atoms with van der Waals surface area (Å²) in [5, 5.41) is 9.51. The Balaban J connectivity index is 2.59. The van der Waals surface area contributed by atoms with E-state index in [2.05, 4.69) is 17.0 Å². The molecule has 1 unspecified atom stereocenters. The Morgan fingerprint density at radius 2 is 2.42 bits per heavy atom. The fourth-order valence-corrected chi connectivity index (χ4v) is 0.871. The number of aliphatic hydroxyl groups excluding tert-OH is 1. The number of nitrogens with zero attached hydrogens (tertiary/aromatic N) is 3. The van der Waals surface area contributed by atoms with Crippen LogP contribution < -0.4 is 0 Å². The summed E-state index contributed by atoms with van der Waals surface area (Å²) in [6, 6.07) is 0. The molecule has 12 heavy (non-hydrogen) atoms. The minimum Gasteiger partial charge on any atom is -0.385 e. The minimum absolute atomic E-state index is 0.457. The maximum Gasteiger partial charge on any atom is 0.110 e. The molecule has 0 fully saturated rings. The van der Waals surface area contributed by atoms with Crippen molar-refractivity contribution in [3.8, 4) is 0 Å². The molecule has 0 aromatic carbocycles. The fourth-order valence-electron chi connectivity index (χ4n) is 0.871. The quantitative estimate of drug-likeness (QED) is 0.698. The molecule has 1 aromatic rings. The van der Waals surface area contributed by atoms with Crippen LogP contribution in [0, 0.1) is 7.05 Å². The molecular weight excluding hydrogens is 154 g/mol. The van der Waals surface area contributed by atoms with Crippen LogP contribution >= 0.6 is 0 Å². The smallest absolute Gasteiger partial charge is 0.110 e. The summed E-state index contributed by atoms with van der Waals surface area (Å²) in [7, 11) is 5.42. The molecule has 0 aliphatic rings. The SMILES string of the molecule is [CH2]N(C)CC(O)c1cnccn1. The van der Waals surface area contributed by atoms with Gasteiger partial charge in [0.2, 0.25) is 0 Å². The Hall–Kier alpha value is -1.00. The fraction of sp³-hybridized carbons (Fsp3) is 0.375. The lowest BCUT2D eigenvalue weighted by molar-refractivity contribution is 0.140. The molecule has 4 nitrogen and oxygen atoms in total. The second-order valence-electron chi connectivity index (χ2n) is 2.68.